The Morgan fingerprint density at radius 3 is 2.40 bits per heavy atom. The second-order valence-electron chi connectivity index (χ2n) is 7.78. The number of aromatic nitrogens is 1. The normalized spacial score (nSPS) is 11.8. The summed E-state index contributed by atoms with van der Waals surface area (Å²) in [5.41, 5.74) is 9.34. The molecular formula is C24H21ClN2O3. The van der Waals surface area contributed by atoms with E-state index in [1.165, 1.54) is 13.8 Å². The molecule has 0 bridgehead atoms. The molecule has 0 fully saturated rings. The van der Waals surface area contributed by atoms with Crippen molar-refractivity contribution in [3.8, 4) is 22.4 Å². The number of hydrogen-bond acceptors (Lipinski definition) is 5. The molecule has 4 rings (SSSR count). The van der Waals surface area contributed by atoms with E-state index in [2.05, 4.69) is 0 Å². The molecule has 2 aromatic heterocycles. The Bertz CT molecular complexity index is 1270. The minimum Gasteiger partial charge on any atom is -0.434 e. The molecule has 3 N–H and O–H groups in total. The number of anilines is 1. The first-order valence-electron chi connectivity index (χ1n) is 9.49. The first-order chi connectivity index (χ1) is 14.2. The lowest BCUT2D eigenvalue weighted by molar-refractivity contribution is 0.0460. The molecule has 2 heterocycles. The van der Waals surface area contributed by atoms with Gasteiger partial charge in [-0.3, -0.25) is 4.79 Å². The molecule has 2 aromatic carbocycles. The van der Waals surface area contributed by atoms with Gasteiger partial charge < -0.3 is 15.3 Å². The number of nitrogens with zero attached hydrogens (tertiary/aromatic N) is 1. The molecule has 0 amide bonds. The van der Waals surface area contributed by atoms with Crippen LogP contribution in [0.15, 0.2) is 59.0 Å². The molecule has 6 heteroatoms. The summed E-state index contributed by atoms with van der Waals surface area (Å²) >= 11 is 6.07. The van der Waals surface area contributed by atoms with Crippen molar-refractivity contribution in [2.45, 2.75) is 26.4 Å². The lowest BCUT2D eigenvalue weighted by atomic mass is 9.95. The maximum absolute atomic E-state index is 12.7. The average Bonchev–Trinajstić information content (AvgIpc) is 3.02. The van der Waals surface area contributed by atoms with Gasteiger partial charge in [-0.2, -0.15) is 0 Å². The van der Waals surface area contributed by atoms with E-state index in [1.807, 2.05) is 54.6 Å². The molecule has 152 valence electrons. The van der Waals surface area contributed by atoms with Crippen LogP contribution in [0.5, 0.6) is 0 Å². The number of fused-ring (bicyclic) bond motifs is 1. The SMILES string of the molecule is Cc1c(C(=O)C(C)(C)O)oc2nc(-c3ccccc3N)c(-c3ccc(Cl)cc3)cc12. The lowest BCUT2D eigenvalue weighted by Crippen LogP contribution is -2.31. The monoisotopic (exact) mass is 420 g/mol. The first-order valence-corrected chi connectivity index (χ1v) is 9.86. The zero-order valence-electron chi connectivity index (χ0n) is 16.9. The van der Waals surface area contributed by atoms with Crippen molar-refractivity contribution in [2.75, 3.05) is 5.73 Å². The molecule has 0 aliphatic rings. The summed E-state index contributed by atoms with van der Waals surface area (Å²) in [7, 11) is 0. The van der Waals surface area contributed by atoms with Gasteiger partial charge in [-0.05, 0) is 50.6 Å². The number of carbonyl (C=O) groups excluding carboxylic acids is 1. The second kappa shape index (κ2) is 7.27. The molecule has 30 heavy (non-hydrogen) atoms. The van der Waals surface area contributed by atoms with Crippen molar-refractivity contribution in [2.24, 2.45) is 0 Å². The highest BCUT2D eigenvalue weighted by atomic mass is 35.5. The maximum Gasteiger partial charge on any atom is 0.229 e. The number of rotatable bonds is 4. The number of ketones is 1. The fourth-order valence-electron chi connectivity index (χ4n) is 3.40. The van der Waals surface area contributed by atoms with Crippen molar-refractivity contribution >= 4 is 34.2 Å². The number of aryl methyl sites for hydroxylation is 1. The number of nitrogen functional groups attached to an aromatic ring is 1. The third kappa shape index (κ3) is 3.47. The number of nitrogens with two attached hydrogens (primary N) is 1. The number of aliphatic hydroxyl groups is 1. The van der Waals surface area contributed by atoms with Crippen molar-refractivity contribution in [1.82, 2.24) is 4.98 Å². The van der Waals surface area contributed by atoms with Crippen LogP contribution in [0.3, 0.4) is 0 Å². The van der Waals surface area contributed by atoms with E-state index in [1.54, 1.807) is 6.92 Å². The molecule has 0 saturated heterocycles. The molecule has 5 nitrogen and oxygen atoms in total. The zero-order chi connectivity index (χ0) is 21.6. The maximum atomic E-state index is 12.7. The van der Waals surface area contributed by atoms with Gasteiger partial charge in [0.15, 0.2) is 5.76 Å². The molecule has 0 unspecified atom stereocenters. The quantitative estimate of drug-likeness (QED) is 0.328. The number of hydrogen-bond donors (Lipinski definition) is 2. The van der Waals surface area contributed by atoms with Crippen LogP contribution in [0.25, 0.3) is 33.5 Å². The third-order valence-electron chi connectivity index (χ3n) is 5.06. The van der Waals surface area contributed by atoms with E-state index in [-0.39, 0.29) is 5.76 Å². The van der Waals surface area contributed by atoms with Gasteiger partial charge in [0.2, 0.25) is 11.5 Å². The van der Waals surface area contributed by atoms with Crippen LogP contribution in [0.2, 0.25) is 5.02 Å². The molecule has 0 saturated carbocycles. The summed E-state index contributed by atoms with van der Waals surface area (Å²) in [6.45, 7) is 4.66. The van der Waals surface area contributed by atoms with Gasteiger partial charge in [0, 0.05) is 32.8 Å². The van der Waals surface area contributed by atoms with Crippen LogP contribution >= 0.6 is 11.6 Å². The van der Waals surface area contributed by atoms with Crippen LogP contribution in [0.1, 0.15) is 30.0 Å². The highest BCUT2D eigenvalue weighted by Crippen LogP contribution is 2.38. The van der Waals surface area contributed by atoms with Crippen LogP contribution in [0.4, 0.5) is 5.69 Å². The standard InChI is InChI=1S/C24H21ClN2O3/c1-13-17-12-18(14-8-10-15(25)11-9-14)20(16-6-4-5-7-19(16)26)27-23(17)30-21(13)22(28)24(2,3)29/h4-12,29H,26H2,1-3H3. The Morgan fingerprint density at radius 2 is 1.77 bits per heavy atom. The fourth-order valence-corrected chi connectivity index (χ4v) is 3.53. The van der Waals surface area contributed by atoms with Gasteiger partial charge in [0.25, 0.3) is 0 Å². The van der Waals surface area contributed by atoms with E-state index in [0.29, 0.717) is 33.1 Å². The topological polar surface area (TPSA) is 89.3 Å². The van der Waals surface area contributed by atoms with Crippen molar-refractivity contribution in [3.63, 3.8) is 0 Å². The van der Waals surface area contributed by atoms with Crippen LogP contribution in [0, 0.1) is 6.92 Å². The number of halogens is 1. The smallest absolute Gasteiger partial charge is 0.229 e. The van der Waals surface area contributed by atoms with Crippen molar-refractivity contribution in [1.29, 1.82) is 0 Å². The summed E-state index contributed by atoms with van der Waals surface area (Å²) in [4.78, 5) is 17.4. The van der Waals surface area contributed by atoms with Gasteiger partial charge in [0.1, 0.15) is 5.60 Å². The Kier molecular flexibility index (Phi) is 4.88. The summed E-state index contributed by atoms with van der Waals surface area (Å²) in [5, 5.41) is 11.5. The molecule has 4 aromatic rings. The largest absolute Gasteiger partial charge is 0.434 e. The van der Waals surface area contributed by atoms with E-state index in [9.17, 15) is 9.90 Å². The van der Waals surface area contributed by atoms with Gasteiger partial charge >= 0.3 is 0 Å². The molecule has 0 aliphatic heterocycles. The van der Waals surface area contributed by atoms with Gasteiger partial charge in [-0.1, -0.05) is 41.9 Å². The first kappa shape index (κ1) is 20.1. The van der Waals surface area contributed by atoms with E-state index >= 15 is 0 Å². The number of carbonyl (C=O) groups is 1. The van der Waals surface area contributed by atoms with Gasteiger partial charge in [-0.25, -0.2) is 4.98 Å². The molecule has 0 atom stereocenters. The predicted octanol–water partition coefficient (Wildman–Crippen LogP) is 5.66. The van der Waals surface area contributed by atoms with Crippen molar-refractivity contribution in [3.05, 3.63) is 70.9 Å². The average molecular weight is 421 g/mol. The van der Waals surface area contributed by atoms with Crippen LogP contribution < -0.4 is 5.73 Å². The van der Waals surface area contributed by atoms with Crippen LogP contribution in [-0.2, 0) is 0 Å². The fraction of sp³-hybridized carbons (Fsp3) is 0.167. The third-order valence-corrected chi connectivity index (χ3v) is 5.32. The number of Topliss-reactive ketones (excluding diaryl/α,β-unsaturated/α-hetero) is 1. The zero-order valence-corrected chi connectivity index (χ0v) is 17.6. The summed E-state index contributed by atoms with van der Waals surface area (Å²) < 4.78 is 5.82. The van der Waals surface area contributed by atoms with Crippen LogP contribution in [-0.4, -0.2) is 21.5 Å². The summed E-state index contributed by atoms with van der Waals surface area (Å²) in [6, 6.07) is 16.8. The highest BCUT2D eigenvalue weighted by molar-refractivity contribution is 6.30. The number of pyridine rings is 1. The molecule has 0 aliphatic carbocycles. The predicted molar refractivity (Wildman–Crippen MR) is 120 cm³/mol. The summed E-state index contributed by atoms with van der Waals surface area (Å²) in [5.74, 6) is -0.392. The Morgan fingerprint density at radius 1 is 1.10 bits per heavy atom. The highest BCUT2D eigenvalue weighted by Gasteiger charge is 2.31. The number of para-hydroxylation sites is 1. The second-order valence-corrected chi connectivity index (χ2v) is 8.21. The minimum absolute atomic E-state index is 0.102. The van der Waals surface area contributed by atoms with Gasteiger partial charge in [0.05, 0.1) is 5.69 Å². The number of furan rings is 1. The summed E-state index contributed by atoms with van der Waals surface area (Å²) in [6.07, 6.45) is 0. The van der Waals surface area contributed by atoms with Gasteiger partial charge in [-0.15, -0.1) is 0 Å². The van der Waals surface area contributed by atoms with E-state index in [0.717, 1.165) is 16.7 Å². The van der Waals surface area contributed by atoms with Crippen molar-refractivity contribution < 1.29 is 14.3 Å². The molecular weight excluding hydrogens is 400 g/mol. The Hall–Kier alpha value is -3.15. The van der Waals surface area contributed by atoms with E-state index < -0.39 is 11.4 Å². The Balaban J connectivity index is 2.03. The number of benzene rings is 2. The molecule has 0 spiro atoms. The van der Waals surface area contributed by atoms with E-state index in [4.69, 9.17) is 26.7 Å². The lowest BCUT2D eigenvalue weighted by Gasteiger charge is -2.13. The molecule has 0 radical (unpaired) electrons. The minimum atomic E-state index is -1.55. The Labute approximate surface area is 179 Å².